The van der Waals surface area contributed by atoms with Gasteiger partial charge in [0.05, 0.1) is 25.3 Å². The molecule has 1 amide bonds. The number of carbonyl (C=O) groups excluding carboxylic acids is 1. The normalized spacial score (nSPS) is 16.1. The van der Waals surface area contributed by atoms with E-state index in [0.29, 0.717) is 12.2 Å². The van der Waals surface area contributed by atoms with Crippen molar-refractivity contribution in [3.8, 4) is 5.75 Å². The van der Waals surface area contributed by atoms with Gasteiger partial charge >= 0.3 is 5.97 Å². The molecule has 0 fully saturated rings. The predicted octanol–water partition coefficient (Wildman–Crippen LogP) is 4.00. The van der Waals surface area contributed by atoms with Gasteiger partial charge in [0, 0.05) is 22.9 Å². The molecule has 0 aliphatic carbocycles. The van der Waals surface area contributed by atoms with Crippen molar-refractivity contribution in [2.45, 2.75) is 25.3 Å². The molecule has 0 spiro atoms. The highest BCUT2D eigenvalue weighted by Crippen LogP contribution is 2.35. The molecular weight excluding hydrogens is 412 g/mol. The van der Waals surface area contributed by atoms with E-state index in [0.717, 1.165) is 21.3 Å². The molecule has 2 aromatic rings. The topological polar surface area (TPSA) is 79.2 Å². The maximum Gasteiger partial charge on any atom is 0.303 e. The lowest BCUT2D eigenvalue weighted by atomic mass is 9.98. The lowest BCUT2D eigenvalue weighted by Crippen LogP contribution is -2.27. The first-order chi connectivity index (χ1) is 13.0. The number of rotatable bonds is 6. The van der Waals surface area contributed by atoms with Crippen LogP contribution < -0.4 is 4.74 Å². The second-order valence-electron chi connectivity index (χ2n) is 6.15. The van der Waals surface area contributed by atoms with Crippen molar-refractivity contribution < 1.29 is 19.4 Å². The summed E-state index contributed by atoms with van der Waals surface area (Å²) in [6, 6.07) is 14.9. The fourth-order valence-electron chi connectivity index (χ4n) is 3.06. The quantitative estimate of drug-likeness (QED) is 0.750. The van der Waals surface area contributed by atoms with E-state index in [4.69, 9.17) is 9.84 Å². The van der Waals surface area contributed by atoms with Crippen LogP contribution in [0.25, 0.3) is 0 Å². The van der Waals surface area contributed by atoms with Crippen LogP contribution in [0.2, 0.25) is 0 Å². The van der Waals surface area contributed by atoms with Crippen LogP contribution in [0.15, 0.2) is 58.1 Å². The van der Waals surface area contributed by atoms with E-state index in [2.05, 4.69) is 21.0 Å². The molecule has 1 N–H and O–H groups in total. The summed E-state index contributed by atoms with van der Waals surface area (Å²) < 4.78 is 6.36. The second kappa shape index (κ2) is 8.35. The Kier molecular flexibility index (Phi) is 5.91. The van der Waals surface area contributed by atoms with Crippen molar-refractivity contribution in [2.24, 2.45) is 5.10 Å². The fraction of sp³-hybridized carbons (Fsp3) is 0.250. The first-order valence-corrected chi connectivity index (χ1v) is 9.29. The van der Waals surface area contributed by atoms with Crippen LogP contribution in [-0.4, -0.2) is 34.8 Å². The Balaban J connectivity index is 1.94. The van der Waals surface area contributed by atoms with E-state index in [1.807, 2.05) is 48.5 Å². The highest BCUT2D eigenvalue weighted by atomic mass is 79.9. The van der Waals surface area contributed by atoms with Gasteiger partial charge in [-0.05, 0) is 29.8 Å². The monoisotopic (exact) mass is 430 g/mol. The minimum absolute atomic E-state index is 0.0922. The average molecular weight is 431 g/mol. The summed E-state index contributed by atoms with van der Waals surface area (Å²) in [6.45, 7) is 0. The zero-order chi connectivity index (χ0) is 19.4. The Morgan fingerprint density at radius 2 is 1.89 bits per heavy atom. The van der Waals surface area contributed by atoms with Crippen molar-refractivity contribution in [3.05, 3.63) is 64.1 Å². The van der Waals surface area contributed by atoms with E-state index >= 15 is 0 Å². The number of methoxy groups -OCH3 is 1. The molecule has 7 heteroatoms. The van der Waals surface area contributed by atoms with Gasteiger partial charge in [0.15, 0.2) is 0 Å². The zero-order valence-electron chi connectivity index (χ0n) is 14.8. The summed E-state index contributed by atoms with van der Waals surface area (Å²) in [6.07, 6.45) is 0.216. The average Bonchev–Trinajstić information content (AvgIpc) is 3.12. The number of aliphatic carboxylic acids is 1. The predicted molar refractivity (Wildman–Crippen MR) is 105 cm³/mol. The third-order valence-electron chi connectivity index (χ3n) is 4.39. The van der Waals surface area contributed by atoms with Crippen molar-refractivity contribution in [1.82, 2.24) is 5.01 Å². The molecule has 1 aliphatic rings. The third kappa shape index (κ3) is 4.36. The maximum atomic E-state index is 12.6. The van der Waals surface area contributed by atoms with Crippen LogP contribution in [0.4, 0.5) is 0 Å². The van der Waals surface area contributed by atoms with Crippen LogP contribution in [0.3, 0.4) is 0 Å². The number of hydrogen-bond acceptors (Lipinski definition) is 4. The molecule has 2 aromatic carbocycles. The summed E-state index contributed by atoms with van der Waals surface area (Å²) in [5.41, 5.74) is 2.51. The number of halogens is 1. The lowest BCUT2D eigenvalue weighted by molar-refractivity contribution is -0.141. The molecule has 1 aliphatic heterocycles. The van der Waals surface area contributed by atoms with Crippen molar-refractivity contribution in [1.29, 1.82) is 0 Å². The number of carboxylic acids is 1. The van der Waals surface area contributed by atoms with E-state index in [-0.39, 0.29) is 24.8 Å². The number of amides is 1. The van der Waals surface area contributed by atoms with Crippen molar-refractivity contribution in [2.75, 3.05) is 7.11 Å². The van der Waals surface area contributed by atoms with Crippen LogP contribution in [-0.2, 0) is 9.59 Å². The standard InChI is InChI=1S/C20H19BrN2O4/c1-27-18-5-3-2-4-15(18)16-12-17(13-6-8-14(21)9-7-13)23(22-16)19(24)10-11-20(25)26/h2-9,17H,10-12H2,1H3,(H,25,26). The molecule has 0 aromatic heterocycles. The molecule has 1 unspecified atom stereocenters. The molecule has 0 saturated heterocycles. The van der Waals surface area contributed by atoms with Gasteiger partial charge in [-0.1, -0.05) is 40.2 Å². The fourth-order valence-corrected chi connectivity index (χ4v) is 3.32. The van der Waals surface area contributed by atoms with Crippen molar-refractivity contribution in [3.63, 3.8) is 0 Å². The molecule has 27 heavy (non-hydrogen) atoms. The van der Waals surface area contributed by atoms with Gasteiger partial charge in [0.1, 0.15) is 5.75 Å². The molecule has 0 saturated carbocycles. The van der Waals surface area contributed by atoms with E-state index in [9.17, 15) is 9.59 Å². The van der Waals surface area contributed by atoms with Gasteiger partial charge in [-0.2, -0.15) is 5.10 Å². The second-order valence-corrected chi connectivity index (χ2v) is 7.07. The highest BCUT2D eigenvalue weighted by molar-refractivity contribution is 9.10. The van der Waals surface area contributed by atoms with Crippen LogP contribution in [0, 0.1) is 0 Å². The Labute approximate surface area is 165 Å². The number of nitrogens with zero attached hydrogens (tertiary/aromatic N) is 2. The number of carboxylic acid groups (broad SMARTS) is 1. The van der Waals surface area contributed by atoms with Gasteiger partial charge < -0.3 is 9.84 Å². The molecular formula is C20H19BrN2O4. The van der Waals surface area contributed by atoms with Crippen molar-refractivity contribution >= 4 is 33.5 Å². The Hall–Kier alpha value is -2.67. The number of carbonyl (C=O) groups is 2. The minimum atomic E-state index is -1.00. The summed E-state index contributed by atoms with van der Waals surface area (Å²) >= 11 is 3.42. The Morgan fingerprint density at radius 1 is 1.19 bits per heavy atom. The van der Waals surface area contributed by atoms with Crippen LogP contribution >= 0.6 is 15.9 Å². The Morgan fingerprint density at radius 3 is 2.56 bits per heavy atom. The van der Waals surface area contributed by atoms with Gasteiger partial charge in [-0.3, -0.25) is 9.59 Å². The number of benzene rings is 2. The summed E-state index contributed by atoms with van der Waals surface area (Å²) in [7, 11) is 1.59. The molecule has 3 rings (SSSR count). The van der Waals surface area contributed by atoms with Gasteiger partial charge in [0.25, 0.3) is 0 Å². The molecule has 1 atom stereocenters. The van der Waals surface area contributed by atoms with E-state index in [1.165, 1.54) is 5.01 Å². The molecule has 6 nitrogen and oxygen atoms in total. The number of ether oxygens (including phenoxy) is 1. The lowest BCUT2D eigenvalue weighted by Gasteiger charge is -2.22. The molecule has 1 heterocycles. The summed E-state index contributed by atoms with van der Waals surface area (Å²) in [5.74, 6) is -0.627. The first-order valence-electron chi connectivity index (χ1n) is 8.49. The Bertz CT molecular complexity index is 880. The van der Waals surface area contributed by atoms with Gasteiger partial charge in [-0.25, -0.2) is 5.01 Å². The smallest absolute Gasteiger partial charge is 0.303 e. The van der Waals surface area contributed by atoms with Gasteiger partial charge in [0.2, 0.25) is 5.91 Å². The third-order valence-corrected chi connectivity index (χ3v) is 4.92. The number of para-hydroxylation sites is 1. The van der Waals surface area contributed by atoms with E-state index < -0.39 is 5.97 Å². The molecule has 0 bridgehead atoms. The summed E-state index contributed by atoms with van der Waals surface area (Å²) in [5, 5.41) is 14.8. The SMILES string of the molecule is COc1ccccc1C1=NN(C(=O)CCC(=O)O)C(c2ccc(Br)cc2)C1. The highest BCUT2D eigenvalue weighted by Gasteiger charge is 2.33. The number of hydrazone groups is 1. The first kappa shape index (κ1) is 19.1. The van der Waals surface area contributed by atoms with Gasteiger partial charge in [-0.15, -0.1) is 0 Å². The minimum Gasteiger partial charge on any atom is -0.496 e. The maximum absolute atomic E-state index is 12.6. The molecule has 0 radical (unpaired) electrons. The molecule has 140 valence electrons. The largest absolute Gasteiger partial charge is 0.496 e. The number of hydrogen-bond donors (Lipinski definition) is 1. The van der Waals surface area contributed by atoms with Crippen LogP contribution in [0.1, 0.15) is 36.4 Å². The van der Waals surface area contributed by atoms with E-state index in [1.54, 1.807) is 7.11 Å². The van der Waals surface area contributed by atoms with Crippen LogP contribution in [0.5, 0.6) is 5.75 Å². The summed E-state index contributed by atoms with van der Waals surface area (Å²) in [4.78, 5) is 23.5. The zero-order valence-corrected chi connectivity index (χ0v) is 16.3.